The first-order chi connectivity index (χ1) is 9.86. The summed E-state index contributed by atoms with van der Waals surface area (Å²) in [7, 11) is 1.69. The third-order valence-electron chi connectivity index (χ3n) is 4.67. The van der Waals surface area contributed by atoms with Crippen LogP contribution in [0, 0.1) is 12.8 Å². The maximum Gasteiger partial charge on any atom is 0.271 e. The fourth-order valence-corrected chi connectivity index (χ4v) is 3.07. The van der Waals surface area contributed by atoms with Gasteiger partial charge in [0.25, 0.3) is 5.91 Å². The van der Waals surface area contributed by atoms with E-state index in [0.29, 0.717) is 23.0 Å². The number of nitrogen functional groups attached to an aromatic ring is 1. The summed E-state index contributed by atoms with van der Waals surface area (Å²) in [6.45, 7) is 4.22. The summed E-state index contributed by atoms with van der Waals surface area (Å²) < 4.78 is 1.48. The van der Waals surface area contributed by atoms with Crippen molar-refractivity contribution in [2.45, 2.75) is 51.6 Å². The predicted octanol–water partition coefficient (Wildman–Crippen LogP) is 1.37. The van der Waals surface area contributed by atoms with Crippen molar-refractivity contribution in [2.24, 2.45) is 13.0 Å². The van der Waals surface area contributed by atoms with E-state index in [9.17, 15) is 9.90 Å². The molecule has 1 aliphatic carbocycles. The fourth-order valence-electron chi connectivity index (χ4n) is 3.07. The van der Waals surface area contributed by atoms with E-state index < -0.39 is 5.60 Å². The van der Waals surface area contributed by atoms with Crippen LogP contribution in [0.2, 0.25) is 0 Å². The molecule has 118 valence electrons. The number of amides is 1. The Bertz CT molecular complexity index is 516. The molecule has 1 fully saturated rings. The second-order valence-corrected chi connectivity index (χ2v) is 6.23. The van der Waals surface area contributed by atoms with Crippen LogP contribution in [0.4, 0.5) is 5.69 Å². The van der Waals surface area contributed by atoms with Gasteiger partial charge in [0.2, 0.25) is 0 Å². The molecule has 1 amide bonds. The highest BCUT2D eigenvalue weighted by atomic mass is 16.3. The Morgan fingerprint density at radius 2 is 2.14 bits per heavy atom. The molecule has 0 unspecified atom stereocenters. The molecule has 1 saturated carbocycles. The zero-order chi connectivity index (χ0) is 15.6. The second-order valence-electron chi connectivity index (χ2n) is 6.23. The molecule has 0 saturated heterocycles. The fraction of sp³-hybridized carbons (Fsp3) is 0.733. The van der Waals surface area contributed by atoms with Crippen LogP contribution in [-0.4, -0.2) is 32.9 Å². The van der Waals surface area contributed by atoms with Crippen molar-refractivity contribution in [3.63, 3.8) is 0 Å². The van der Waals surface area contributed by atoms with Gasteiger partial charge < -0.3 is 16.2 Å². The number of hydrogen-bond donors (Lipinski definition) is 3. The van der Waals surface area contributed by atoms with Gasteiger partial charge in [-0.15, -0.1) is 0 Å². The average molecular weight is 294 g/mol. The molecule has 21 heavy (non-hydrogen) atoms. The molecule has 1 heterocycles. The lowest BCUT2D eigenvalue weighted by atomic mass is 9.78. The molecular formula is C15H26N4O2. The Labute approximate surface area is 125 Å². The van der Waals surface area contributed by atoms with Crippen LogP contribution in [0.15, 0.2) is 0 Å². The van der Waals surface area contributed by atoms with E-state index in [0.717, 1.165) is 32.1 Å². The topological polar surface area (TPSA) is 93.2 Å². The molecule has 4 N–H and O–H groups in total. The van der Waals surface area contributed by atoms with Crippen LogP contribution in [0.3, 0.4) is 0 Å². The highest BCUT2D eigenvalue weighted by Crippen LogP contribution is 2.33. The maximum absolute atomic E-state index is 12.2. The van der Waals surface area contributed by atoms with Crippen molar-refractivity contribution in [3.8, 4) is 0 Å². The molecule has 1 aromatic heterocycles. The molecule has 0 bridgehead atoms. The number of nitrogens with one attached hydrogen (secondary N) is 1. The first-order valence-corrected chi connectivity index (χ1v) is 7.66. The van der Waals surface area contributed by atoms with Crippen molar-refractivity contribution < 1.29 is 9.90 Å². The zero-order valence-electron chi connectivity index (χ0n) is 13.1. The van der Waals surface area contributed by atoms with Gasteiger partial charge in [-0.3, -0.25) is 9.48 Å². The molecule has 0 atom stereocenters. The number of rotatable bonds is 4. The minimum Gasteiger partial charge on any atom is -0.395 e. The first-order valence-electron chi connectivity index (χ1n) is 7.66. The van der Waals surface area contributed by atoms with Gasteiger partial charge in [0, 0.05) is 13.6 Å². The molecule has 0 spiro atoms. The van der Waals surface area contributed by atoms with Crippen molar-refractivity contribution >= 4 is 11.6 Å². The third kappa shape index (κ3) is 3.37. The van der Waals surface area contributed by atoms with Gasteiger partial charge in [0.1, 0.15) is 5.69 Å². The van der Waals surface area contributed by atoms with Crippen molar-refractivity contribution in [1.82, 2.24) is 15.1 Å². The summed E-state index contributed by atoms with van der Waals surface area (Å²) in [5.41, 5.74) is 6.49. The molecule has 6 nitrogen and oxygen atoms in total. The SMILES string of the molecule is CCC1CCC(O)(CNC(=O)c2c(N)c(C)nn2C)CC1. The average Bonchev–Trinajstić information content (AvgIpc) is 2.71. The normalized spacial score (nSPS) is 25.8. The van der Waals surface area contributed by atoms with E-state index in [1.807, 2.05) is 0 Å². The number of nitrogens with zero attached hydrogens (tertiary/aromatic N) is 2. The van der Waals surface area contributed by atoms with Crippen LogP contribution in [0.1, 0.15) is 55.2 Å². The number of hydrogen-bond acceptors (Lipinski definition) is 4. The molecule has 0 aromatic carbocycles. The highest BCUT2D eigenvalue weighted by molar-refractivity contribution is 5.97. The minimum atomic E-state index is -0.788. The molecule has 0 radical (unpaired) electrons. The van der Waals surface area contributed by atoms with Crippen molar-refractivity contribution in [2.75, 3.05) is 12.3 Å². The van der Waals surface area contributed by atoms with Crippen LogP contribution >= 0.6 is 0 Å². The van der Waals surface area contributed by atoms with Crippen LogP contribution < -0.4 is 11.1 Å². The first kappa shape index (κ1) is 15.8. The maximum atomic E-state index is 12.2. The summed E-state index contributed by atoms with van der Waals surface area (Å²) in [5, 5.41) is 17.5. The third-order valence-corrected chi connectivity index (χ3v) is 4.67. The molecule has 1 aromatic rings. The quantitative estimate of drug-likeness (QED) is 0.782. The molecule has 6 heteroatoms. The van der Waals surface area contributed by atoms with Crippen LogP contribution in [-0.2, 0) is 7.05 Å². The Balaban J connectivity index is 1.95. The summed E-state index contributed by atoms with van der Waals surface area (Å²) in [6.07, 6.45) is 4.69. The number of aromatic nitrogens is 2. The van der Waals surface area contributed by atoms with Crippen molar-refractivity contribution in [1.29, 1.82) is 0 Å². The van der Waals surface area contributed by atoms with Crippen LogP contribution in [0.25, 0.3) is 0 Å². The number of anilines is 1. The second kappa shape index (κ2) is 6.05. The Kier molecular flexibility index (Phi) is 4.56. The molecule has 0 aliphatic heterocycles. The van der Waals surface area contributed by atoms with Crippen LogP contribution in [0.5, 0.6) is 0 Å². The lowest BCUT2D eigenvalue weighted by Crippen LogP contribution is -2.45. The Morgan fingerprint density at radius 3 is 2.62 bits per heavy atom. The van der Waals surface area contributed by atoms with Gasteiger partial charge in [-0.1, -0.05) is 13.3 Å². The van der Waals surface area contributed by atoms with E-state index >= 15 is 0 Å². The summed E-state index contributed by atoms with van der Waals surface area (Å²) in [6, 6.07) is 0. The molecule has 1 aliphatic rings. The van der Waals surface area contributed by atoms with Crippen molar-refractivity contribution in [3.05, 3.63) is 11.4 Å². The summed E-state index contributed by atoms with van der Waals surface area (Å²) >= 11 is 0. The van der Waals surface area contributed by atoms with E-state index in [-0.39, 0.29) is 12.5 Å². The van der Waals surface area contributed by atoms with E-state index in [1.165, 1.54) is 4.68 Å². The molecular weight excluding hydrogens is 268 g/mol. The minimum absolute atomic E-state index is 0.270. The number of aliphatic hydroxyl groups is 1. The number of carbonyl (C=O) groups is 1. The monoisotopic (exact) mass is 294 g/mol. The van der Waals surface area contributed by atoms with Gasteiger partial charge in [0.05, 0.1) is 17.0 Å². The van der Waals surface area contributed by atoms with Gasteiger partial charge >= 0.3 is 0 Å². The zero-order valence-corrected chi connectivity index (χ0v) is 13.1. The number of carbonyl (C=O) groups excluding carboxylic acids is 1. The van der Waals surface area contributed by atoms with Gasteiger partial charge in [-0.25, -0.2) is 0 Å². The lowest BCUT2D eigenvalue weighted by molar-refractivity contribution is -0.00793. The Hall–Kier alpha value is -1.56. The lowest BCUT2D eigenvalue weighted by Gasteiger charge is -2.35. The van der Waals surface area contributed by atoms with E-state index in [1.54, 1.807) is 14.0 Å². The number of aryl methyl sites for hydroxylation is 2. The highest BCUT2D eigenvalue weighted by Gasteiger charge is 2.33. The van der Waals surface area contributed by atoms with Gasteiger partial charge in [-0.05, 0) is 38.5 Å². The smallest absolute Gasteiger partial charge is 0.271 e. The number of nitrogens with two attached hydrogens (primary N) is 1. The van der Waals surface area contributed by atoms with Gasteiger partial charge in [0.15, 0.2) is 0 Å². The Morgan fingerprint density at radius 1 is 1.52 bits per heavy atom. The van der Waals surface area contributed by atoms with Gasteiger partial charge in [-0.2, -0.15) is 5.10 Å². The summed E-state index contributed by atoms with van der Waals surface area (Å²) in [4.78, 5) is 12.2. The summed E-state index contributed by atoms with van der Waals surface area (Å²) in [5.74, 6) is 0.429. The standard InChI is InChI=1S/C15H26N4O2/c1-4-11-5-7-15(21,8-6-11)9-17-14(20)13-12(16)10(2)18-19(13)3/h11,21H,4-9,16H2,1-3H3,(H,17,20). The molecule has 2 rings (SSSR count). The largest absolute Gasteiger partial charge is 0.395 e. The predicted molar refractivity (Wildman–Crippen MR) is 81.9 cm³/mol. The van der Waals surface area contributed by atoms with E-state index in [4.69, 9.17) is 5.73 Å². The van der Waals surface area contributed by atoms with E-state index in [2.05, 4.69) is 17.3 Å².